The van der Waals surface area contributed by atoms with Gasteiger partial charge in [0.2, 0.25) is 0 Å². The number of hydrogen-bond acceptors (Lipinski definition) is 4. The van der Waals surface area contributed by atoms with Crippen molar-refractivity contribution in [1.29, 1.82) is 5.26 Å². The molecule has 3 rings (SSSR count). The van der Waals surface area contributed by atoms with Crippen LogP contribution in [0, 0.1) is 31.1 Å². The van der Waals surface area contributed by atoms with Crippen LogP contribution < -0.4 is 5.56 Å². The van der Waals surface area contributed by atoms with E-state index in [1.165, 1.54) is 16.8 Å². The SMILES string of the molecule is Cc1nc(C2CC(C(F)(F)F)C2)n(-c2ccc(C#N)nc2)c(=O)c1C. The molecule has 130 valence electrons. The number of nitrogens with zero attached hydrogens (tertiary/aromatic N) is 4. The quantitative estimate of drug-likeness (QED) is 0.836. The Bertz CT molecular complexity index is 904. The molecule has 2 heterocycles. The molecule has 0 atom stereocenters. The molecule has 0 saturated heterocycles. The number of rotatable bonds is 2. The van der Waals surface area contributed by atoms with E-state index in [-0.39, 0.29) is 24.1 Å². The predicted molar refractivity (Wildman–Crippen MR) is 83.3 cm³/mol. The third-order valence-corrected chi connectivity index (χ3v) is 4.66. The first-order chi connectivity index (χ1) is 11.7. The van der Waals surface area contributed by atoms with Crippen molar-refractivity contribution < 1.29 is 13.2 Å². The van der Waals surface area contributed by atoms with Gasteiger partial charge in [0, 0.05) is 17.2 Å². The first-order valence-electron chi connectivity index (χ1n) is 7.75. The molecule has 1 aliphatic carbocycles. The second kappa shape index (κ2) is 5.99. The number of aryl methyl sites for hydroxylation is 1. The van der Waals surface area contributed by atoms with Crippen molar-refractivity contribution in [3.63, 3.8) is 0 Å². The molecule has 0 aliphatic heterocycles. The summed E-state index contributed by atoms with van der Waals surface area (Å²) in [5, 5.41) is 8.83. The Morgan fingerprint density at radius 3 is 2.48 bits per heavy atom. The number of aromatic nitrogens is 3. The summed E-state index contributed by atoms with van der Waals surface area (Å²) in [6.07, 6.45) is -3.03. The molecule has 8 heteroatoms. The zero-order valence-electron chi connectivity index (χ0n) is 13.6. The Labute approximate surface area is 141 Å². The molecular weight excluding hydrogens is 333 g/mol. The molecule has 0 bridgehead atoms. The molecule has 0 radical (unpaired) electrons. The van der Waals surface area contributed by atoms with Crippen LogP contribution in [0.5, 0.6) is 0 Å². The van der Waals surface area contributed by atoms with E-state index in [0.717, 1.165) is 0 Å². The number of nitriles is 1. The van der Waals surface area contributed by atoms with E-state index in [1.54, 1.807) is 19.9 Å². The minimum atomic E-state index is -4.22. The van der Waals surface area contributed by atoms with Crippen molar-refractivity contribution in [2.75, 3.05) is 0 Å². The zero-order chi connectivity index (χ0) is 18.4. The van der Waals surface area contributed by atoms with Crippen LogP contribution in [0.3, 0.4) is 0 Å². The molecule has 1 saturated carbocycles. The van der Waals surface area contributed by atoms with E-state index in [1.807, 2.05) is 6.07 Å². The lowest BCUT2D eigenvalue weighted by atomic mass is 9.74. The predicted octanol–water partition coefficient (Wildman–Crippen LogP) is 3.17. The number of halogens is 3. The van der Waals surface area contributed by atoms with Gasteiger partial charge in [-0.1, -0.05) is 0 Å². The molecule has 1 aliphatic rings. The largest absolute Gasteiger partial charge is 0.391 e. The lowest BCUT2D eigenvalue weighted by Crippen LogP contribution is -2.38. The van der Waals surface area contributed by atoms with E-state index in [9.17, 15) is 18.0 Å². The molecule has 0 aromatic carbocycles. The van der Waals surface area contributed by atoms with Gasteiger partial charge in [-0.25, -0.2) is 9.97 Å². The van der Waals surface area contributed by atoms with E-state index >= 15 is 0 Å². The van der Waals surface area contributed by atoms with Crippen molar-refractivity contribution in [3.05, 3.63) is 51.5 Å². The molecule has 2 aromatic rings. The fourth-order valence-electron chi connectivity index (χ4n) is 2.94. The summed E-state index contributed by atoms with van der Waals surface area (Å²) >= 11 is 0. The van der Waals surface area contributed by atoms with Crippen LogP contribution in [0.1, 0.15) is 41.5 Å². The third kappa shape index (κ3) is 3.02. The van der Waals surface area contributed by atoms with Crippen molar-refractivity contribution in [2.24, 2.45) is 5.92 Å². The van der Waals surface area contributed by atoms with Gasteiger partial charge >= 0.3 is 6.18 Å². The molecule has 1 fully saturated rings. The highest BCUT2D eigenvalue weighted by molar-refractivity contribution is 5.36. The highest BCUT2D eigenvalue weighted by atomic mass is 19.4. The summed E-state index contributed by atoms with van der Waals surface area (Å²) in [7, 11) is 0. The standard InChI is InChI=1S/C17H15F3N4O/c1-9-10(2)23-15(11-5-12(6-11)17(18,19)20)24(16(9)25)14-4-3-13(7-21)22-8-14/h3-4,8,11-12H,5-6H2,1-2H3. The van der Waals surface area contributed by atoms with Gasteiger partial charge in [-0.2, -0.15) is 18.4 Å². The molecule has 0 unspecified atom stereocenters. The van der Waals surface area contributed by atoms with Gasteiger partial charge < -0.3 is 0 Å². The van der Waals surface area contributed by atoms with Gasteiger partial charge in [0.15, 0.2) is 0 Å². The van der Waals surface area contributed by atoms with Gasteiger partial charge in [-0.15, -0.1) is 0 Å². The maximum absolute atomic E-state index is 12.8. The summed E-state index contributed by atoms with van der Waals surface area (Å²) in [6, 6.07) is 4.89. The van der Waals surface area contributed by atoms with Gasteiger partial charge in [-0.3, -0.25) is 9.36 Å². The summed E-state index contributed by atoms with van der Waals surface area (Å²) in [4.78, 5) is 21.0. The maximum atomic E-state index is 12.8. The van der Waals surface area contributed by atoms with Crippen molar-refractivity contribution in [2.45, 2.75) is 38.8 Å². The van der Waals surface area contributed by atoms with Crippen LogP contribution in [0.15, 0.2) is 23.1 Å². The summed E-state index contributed by atoms with van der Waals surface area (Å²) < 4.78 is 39.7. The van der Waals surface area contributed by atoms with Crippen LogP contribution in [0.4, 0.5) is 13.2 Å². The van der Waals surface area contributed by atoms with Gasteiger partial charge in [0.25, 0.3) is 5.56 Å². The number of pyridine rings is 1. The minimum Gasteiger partial charge on any atom is -0.269 e. The van der Waals surface area contributed by atoms with Crippen LogP contribution in [0.25, 0.3) is 5.69 Å². The Balaban J connectivity index is 2.07. The van der Waals surface area contributed by atoms with Crippen molar-refractivity contribution in [3.8, 4) is 11.8 Å². The number of alkyl halides is 3. The molecule has 25 heavy (non-hydrogen) atoms. The lowest BCUT2D eigenvalue weighted by Gasteiger charge is -2.37. The molecule has 0 N–H and O–H groups in total. The van der Waals surface area contributed by atoms with E-state index in [0.29, 0.717) is 22.8 Å². The smallest absolute Gasteiger partial charge is 0.269 e. The Hall–Kier alpha value is -2.69. The Morgan fingerprint density at radius 1 is 1.28 bits per heavy atom. The number of hydrogen-bond donors (Lipinski definition) is 0. The van der Waals surface area contributed by atoms with E-state index < -0.39 is 18.0 Å². The summed E-state index contributed by atoms with van der Waals surface area (Å²) in [6.45, 7) is 3.29. The molecule has 0 amide bonds. The van der Waals surface area contributed by atoms with Crippen LogP contribution >= 0.6 is 0 Å². The molecule has 0 spiro atoms. The fraction of sp³-hybridized carbons (Fsp3) is 0.412. The first kappa shape index (κ1) is 17.1. The van der Waals surface area contributed by atoms with Crippen molar-refractivity contribution in [1.82, 2.24) is 14.5 Å². The summed E-state index contributed by atoms with van der Waals surface area (Å²) in [5.74, 6) is -1.47. The van der Waals surface area contributed by atoms with E-state index in [2.05, 4.69) is 9.97 Å². The second-order valence-corrected chi connectivity index (χ2v) is 6.24. The monoisotopic (exact) mass is 348 g/mol. The summed E-state index contributed by atoms with van der Waals surface area (Å²) in [5.41, 5.74) is 1.19. The maximum Gasteiger partial charge on any atom is 0.391 e. The van der Waals surface area contributed by atoms with Crippen LogP contribution in [-0.4, -0.2) is 20.7 Å². The fourth-order valence-corrected chi connectivity index (χ4v) is 2.94. The molecular formula is C17H15F3N4O. The zero-order valence-corrected chi connectivity index (χ0v) is 13.6. The topological polar surface area (TPSA) is 71.6 Å². The van der Waals surface area contributed by atoms with Gasteiger partial charge in [0.1, 0.15) is 17.6 Å². The Morgan fingerprint density at radius 2 is 1.96 bits per heavy atom. The normalized spacial score (nSPS) is 20.0. The Kier molecular flexibility index (Phi) is 4.11. The average Bonchev–Trinajstić information content (AvgIpc) is 2.50. The highest BCUT2D eigenvalue weighted by Crippen LogP contribution is 2.49. The van der Waals surface area contributed by atoms with Crippen LogP contribution in [0.2, 0.25) is 0 Å². The van der Waals surface area contributed by atoms with Gasteiger partial charge in [0.05, 0.1) is 17.8 Å². The highest BCUT2D eigenvalue weighted by Gasteiger charge is 2.49. The minimum absolute atomic E-state index is 0.0812. The first-order valence-corrected chi connectivity index (χ1v) is 7.75. The lowest BCUT2D eigenvalue weighted by molar-refractivity contribution is -0.198. The molecule has 2 aromatic heterocycles. The van der Waals surface area contributed by atoms with E-state index in [4.69, 9.17) is 5.26 Å². The second-order valence-electron chi connectivity index (χ2n) is 6.24. The van der Waals surface area contributed by atoms with Crippen molar-refractivity contribution >= 4 is 0 Å². The third-order valence-electron chi connectivity index (χ3n) is 4.66. The van der Waals surface area contributed by atoms with Gasteiger partial charge in [-0.05, 0) is 38.8 Å². The van der Waals surface area contributed by atoms with Crippen LogP contribution in [-0.2, 0) is 0 Å². The average molecular weight is 348 g/mol. The molecule has 5 nitrogen and oxygen atoms in total.